The Balaban J connectivity index is 1.19. The molecule has 5 rings (SSSR count). The highest BCUT2D eigenvalue weighted by atomic mass is 35.5. The van der Waals surface area contributed by atoms with E-state index in [0.717, 1.165) is 29.8 Å². The smallest absolute Gasteiger partial charge is 0.251 e. The van der Waals surface area contributed by atoms with E-state index in [1.54, 1.807) is 11.8 Å². The number of amides is 2. The van der Waals surface area contributed by atoms with Crippen LogP contribution in [0.1, 0.15) is 45.3 Å². The fraction of sp³-hybridized carbons (Fsp3) is 0.286. The summed E-state index contributed by atoms with van der Waals surface area (Å²) in [5.74, 6) is 0.470. The van der Waals surface area contributed by atoms with Gasteiger partial charge in [-0.1, -0.05) is 48.0 Å². The van der Waals surface area contributed by atoms with Crippen LogP contribution in [0, 0.1) is 0 Å². The van der Waals surface area contributed by atoms with Crippen molar-refractivity contribution < 1.29 is 9.59 Å². The van der Waals surface area contributed by atoms with Crippen molar-refractivity contribution in [3.8, 4) is 0 Å². The molecule has 2 fully saturated rings. The molecular formula is C28H28ClN3O2S. The van der Waals surface area contributed by atoms with E-state index >= 15 is 0 Å². The molecule has 1 N–H and O–H groups in total. The van der Waals surface area contributed by atoms with Crippen molar-refractivity contribution in [2.45, 2.75) is 31.3 Å². The lowest BCUT2D eigenvalue weighted by Crippen LogP contribution is -2.27. The fourth-order valence-corrected chi connectivity index (χ4v) is 5.89. The van der Waals surface area contributed by atoms with Crippen molar-refractivity contribution in [1.29, 1.82) is 0 Å². The average Bonchev–Trinajstić information content (AvgIpc) is 3.55. The van der Waals surface area contributed by atoms with Gasteiger partial charge >= 0.3 is 0 Å². The van der Waals surface area contributed by atoms with Gasteiger partial charge in [-0.15, -0.1) is 11.8 Å². The van der Waals surface area contributed by atoms with Crippen LogP contribution in [0.25, 0.3) is 0 Å². The summed E-state index contributed by atoms with van der Waals surface area (Å²) in [7, 11) is 0. The summed E-state index contributed by atoms with van der Waals surface area (Å²) in [6.07, 6.45) is 2.51. The first-order chi connectivity index (χ1) is 17.1. The van der Waals surface area contributed by atoms with Crippen molar-refractivity contribution in [3.05, 3.63) is 100 Å². The van der Waals surface area contributed by atoms with E-state index in [-0.39, 0.29) is 17.2 Å². The first kappa shape index (κ1) is 23.8. The lowest BCUT2D eigenvalue weighted by atomic mass is 10.1. The normalized spacial score (nSPS) is 17.7. The molecule has 3 aromatic rings. The van der Waals surface area contributed by atoms with E-state index in [2.05, 4.69) is 34.5 Å². The van der Waals surface area contributed by atoms with Gasteiger partial charge in [-0.25, -0.2) is 0 Å². The summed E-state index contributed by atoms with van der Waals surface area (Å²) in [4.78, 5) is 29.5. The molecule has 3 aromatic carbocycles. The van der Waals surface area contributed by atoms with E-state index in [9.17, 15) is 9.59 Å². The maximum absolute atomic E-state index is 12.7. The molecule has 5 nitrogen and oxygen atoms in total. The summed E-state index contributed by atoms with van der Waals surface area (Å²) < 4.78 is 0. The maximum atomic E-state index is 12.7. The third kappa shape index (κ3) is 5.65. The Labute approximate surface area is 215 Å². The summed E-state index contributed by atoms with van der Waals surface area (Å²) >= 11 is 7.60. The molecule has 2 aliphatic heterocycles. The lowest BCUT2D eigenvalue weighted by molar-refractivity contribution is -0.128. The number of carbonyl (C=O) groups excluding carboxylic acids is 2. The Morgan fingerprint density at radius 3 is 2.26 bits per heavy atom. The lowest BCUT2D eigenvalue weighted by Gasteiger charge is -2.24. The second-order valence-electron chi connectivity index (χ2n) is 8.98. The van der Waals surface area contributed by atoms with Crippen molar-refractivity contribution >= 4 is 40.9 Å². The van der Waals surface area contributed by atoms with E-state index in [1.165, 1.54) is 18.5 Å². The molecule has 0 aliphatic carbocycles. The number of benzene rings is 3. The highest BCUT2D eigenvalue weighted by molar-refractivity contribution is 8.00. The second-order valence-corrected chi connectivity index (χ2v) is 10.5. The summed E-state index contributed by atoms with van der Waals surface area (Å²) in [5.41, 5.74) is 5.00. The SMILES string of the molecule is O=C(NCc1ccc(N2CCCC2)cc1)c1ccc(C2SCC(=O)N2Cc2ccc(Cl)cc2)cc1. The molecule has 0 saturated carbocycles. The number of anilines is 1. The minimum Gasteiger partial charge on any atom is -0.372 e. The molecule has 7 heteroatoms. The van der Waals surface area contributed by atoms with Gasteiger partial charge in [0.2, 0.25) is 5.91 Å². The Morgan fingerprint density at radius 1 is 0.914 bits per heavy atom. The van der Waals surface area contributed by atoms with Gasteiger partial charge in [0, 0.05) is 42.5 Å². The Morgan fingerprint density at radius 2 is 1.57 bits per heavy atom. The van der Waals surface area contributed by atoms with Gasteiger partial charge in [0.05, 0.1) is 5.75 Å². The number of thioether (sulfide) groups is 1. The van der Waals surface area contributed by atoms with Crippen LogP contribution in [0.2, 0.25) is 5.02 Å². The molecule has 0 bridgehead atoms. The Kier molecular flexibility index (Phi) is 7.30. The molecule has 0 spiro atoms. The van der Waals surface area contributed by atoms with Crippen LogP contribution in [0.3, 0.4) is 0 Å². The number of rotatable bonds is 7. The molecular weight excluding hydrogens is 478 g/mol. The second kappa shape index (κ2) is 10.8. The molecule has 2 saturated heterocycles. The Hall–Kier alpha value is -2.96. The third-order valence-electron chi connectivity index (χ3n) is 6.55. The van der Waals surface area contributed by atoms with Crippen LogP contribution in [0.4, 0.5) is 5.69 Å². The minimum absolute atomic E-state index is 0.0654. The monoisotopic (exact) mass is 505 g/mol. The van der Waals surface area contributed by atoms with Crippen molar-refractivity contribution in [2.24, 2.45) is 0 Å². The van der Waals surface area contributed by atoms with Crippen molar-refractivity contribution in [2.75, 3.05) is 23.7 Å². The summed E-state index contributed by atoms with van der Waals surface area (Å²) in [6.45, 7) is 3.27. The van der Waals surface area contributed by atoms with Gasteiger partial charge in [-0.2, -0.15) is 0 Å². The molecule has 35 heavy (non-hydrogen) atoms. The number of nitrogens with one attached hydrogen (secondary N) is 1. The van der Waals surface area contributed by atoms with Crippen LogP contribution in [0.15, 0.2) is 72.8 Å². The first-order valence-electron chi connectivity index (χ1n) is 11.9. The zero-order chi connectivity index (χ0) is 24.2. The van der Waals surface area contributed by atoms with Crippen LogP contribution in [-0.2, 0) is 17.9 Å². The van der Waals surface area contributed by atoms with Crippen molar-refractivity contribution in [1.82, 2.24) is 10.2 Å². The van der Waals surface area contributed by atoms with Crippen molar-refractivity contribution in [3.63, 3.8) is 0 Å². The quantitative estimate of drug-likeness (QED) is 0.451. The summed E-state index contributed by atoms with van der Waals surface area (Å²) in [6, 6.07) is 23.6. The number of hydrogen-bond donors (Lipinski definition) is 1. The molecule has 2 aliphatic rings. The van der Waals surface area contributed by atoms with Gasteiger partial charge in [0.1, 0.15) is 5.37 Å². The molecule has 0 aromatic heterocycles. The predicted molar refractivity (Wildman–Crippen MR) is 143 cm³/mol. The largest absolute Gasteiger partial charge is 0.372 e. The summed E-state index contributed by atoms with van der Waals surface area (Å²) in [5, 5.41) is 3.63. The number of halogens is 1. The van der Waals surface area contributed by atoms with E-state index in [0.29, 0.717) is 29.4 Å². The van der Waals surface area contributed by atoms with Gasteiger partial charge in [0.25, 0.3) is 5.91 Å². The third-order valence-corrected chi connectivity index (χ3v) is 8.06. The molecule has 1 atom stereocenters. The highest BCUT2D eigenvalue weighted by Crippen LogP contribution is 2.39. The highest BCUT2D eigenvalue weighted by Gasteiger charge is 2.32. The Bertz CT molecular complexity index is 1180. The molecule has 2 heterocycles. The van der Waals surface area contributed by atoms with Crippen LogP contribution in [0.5, 0.6) is 0 Å². The number of hydrogen-bond acceptors (Lipinski definition) is 4. The number of nitrogens with zero attached hydrogens (tertiary/aromatic N) is 2. The zero-order valence-electron chi connectivity index (χ0n) is 19.5. The standard InChI is InChI=1S/C28H28ClN3O2S/c29-24-11-3-21(4-12-24)18-32-26(33)19-35-28(32)23-9-7-22(8-10-23)27(34)30-17-20-5-13-25(14-6-20)31-15-1-2-16-31/h3-14,28H,1-2,15-19H2,(H,30,34). The van der Waals surface area contributed by atoms with Crippen LogP contribution >= 0.6 is 23.4 Å². The first-order valence-corrected chi connectivity index (χ1v) is 13.4. The molecule has 2 amide bonds. The zero-order valence-corrected chi connectivity index (χ0v) is 21.0. The van der Waals surface area contributed by atoms with E-state index in [1.807, 2.05) is 53.4 Å². The fourth-order valence-electron chi connectivity index (χ4n) is 4.57. The minimum atomic E-state index is -0.103. The van der Waals surface area contributed by atoms with Gasteiger partial charge < -0.3 is 15.1 Å². The topological polar surface area (TPSA) is 52.7 Å². The van der Waals surface area contributed by atoms with Gasteiger partial charge in [-0.05, 0) is 65.9 Å². The maximum Gasteiger partial charge on any atom is 0.251 e. The molecule has 1 unspecified atom stereocenters. The van der Waals surface area contributed by atoms with Crippen LogP contribution in [-0.4, -0.2) is 35.6 Å². The molecule has 180 valence electrons. The van der Waals surface area contributed by atoms with Gasteiger partial charge in [-0.3, -0.25) is 9.59 Å². The van der Waals surface area contributed by atoms with E-state index in [4.69, 9.17) is 11.6 Å². The number of carbonyl (C=O) groups is 2. The molecule has 0 radical (unpaired) electrons. The average molecular weight is 506 g/mol. The van der Waals surface area contributed by atoms with Crippen LogP contribution < -0.4 is 10.2 Å². The van der Waals surface area contributed by atoms with E-state index < -0.39 is 0 Å². The van der Waals surface area contributed by atoms with Gasteiger partial charge in [0.15, 0.2) is 0 Å². The predicted octanol–water partition coefficient (Wildman–Crippen LogP) is 5.64.